The molecule has 0 N–H and O–H groups in total. The first-order chi connectivity index (χ1) is 9.20. The molecule has 0 saturated carbocycles. The second kappa shape index (κ2) is 4.76. The van der Waals surface area contributed by atoms with Crippen molar-refractivity contribution in [2.45, 2.75) is 32.7 Å². The maximum absolute atomic E-state index is 2.50. The minimum absolute atomic E-state index is 1.13. The summed E-state index contributed by atoms with van der Waals surface area (Å²) in [4.78, 5) is 2.18. The highest BCUT2D eigenvalue weighted by Crippen LogP contribution is 2.33. The quantitative estimate of drug-likeness (QED) is 0.810. The van der Waals surface area contributed by atoms with Crippen molar-refractivity contribution in [1.82, 2.24) is 4.57 Å². The van der Waals surface area contributed by atoms with Crippen LogP contribution in [0.25, 0.3) is 11.3 Å². The van der Waals surface area contributed by atoms with Gasteiger partial charge in [0, 0.05) is 43.3 Å². The number of benzene rings is 1. The Morgan fingerprint density at radius 1 is 1.16 bits per heavy atom. The summed E-state index contributed by atoms with van der Waals surface area (Å²) in [7, 11) is 4.21. The molecule has 0 unspecified atom stereocenters. The zero-order valence-corrected chi connectivity index (χ0v) is 12.1. The zero-order valence-electron chi connectivity index (χ0n) is 12.1. The second-order valence-electron chi connectivity index (χ2n) is 5.60. The van der Waals surface area contributed by atoms with Crippen molar-refractivity contribution in [2.75, 3.05) is 19.0 Å². The number of aromatic nitrogens is 1. The Bertz CT molecular complexity index is 593. The molecular weight excluding hydrogens is 232 g/mol. The van der Waals surface area contributed by atoms with E-state index in [1.54, 1.807) is 0 Å². The van der Waals surface area contributed by atoms with Gasteiger partial charge in [-0.15, -0.1) is 0 Å². The largest absolute Gasteiger partial charge is 0.378 e. The first-order valence-electron chi connectivity index (χ1n) is 7.19. The summed E-state index contributed by atoms with van der Waals surface area (Å²) >= 11 is 0. The van der Waals surface area contributed by atoms with E-state index in [9.17, 15) is 0 Å². The van der Waals surface area contributed by atoms with Crippen LogP contribution in [0.3, 0.4) is 0 Å². The lowest BCUT2D eigenvalue weighted by atomic mass is 9.97. The number of fused-ring (bicyclic) bond motifs is 3. The van der Waals surface area contributed by atoms with E-state index in [1.165, 1.54) is 41.0 Å². The molecular formula is C17H22N2. The summed E-state index contributed by atoms with van der Waals surface area (Å²) in [6, 6.07) is 11.4. The average molecular weight is 254 g/mol. The topological polar surface area (TPSA) is 8.17 Å². The van der Waals surface area contributed by atoms with E-state index in [1.807, 2.05) is 0 Å². The van der Waals surface area contributed by atoms with Crippen molar-refractivity contribution < 1.29 is 0 Å². The van der Waals surface area contributed by atoms with Gasteiger partial charge in [-0.2, -0.15) is 0 Å². The number of rotatable bonds is 3. The molecule has 1 aliphatic rings. The van der Waals surface area contributed by atoms with Crippen LogP contribution in [0, 0.1) is 0 Å². The highest BCUT2D eigenvalue weighted by molar-refractivity contribution is 5.70. The van der Waals surface area contributed by atoms with E-state index in [4.69, 9.17) is 0 Å². The average Bonchev–Trinajstić information content (AvgIpc) is 2.82. The zero-order chi connectivity index (χ0) is 13.4. The molecule has 100 valence electrons. The van der Waals surface area contributed by atoms with E-state index in [2.05, 4.69) is 60.8 Å². The van der Waals surface area contributed by atoms with Crippen LogP contribution in [0.4, 0.5) is 5.69 Å². The van der Waals surface area contributed by atoms with Gasteiger partial charge in [0.05, 0.1) is 0 Å². The lowest BCUT2D eigenvalue weighted by Gasteiger charge is -2.23. The molecule has 1 aromatic heterocycles. The van der Waals surface area contributed by atoms with E-state index in [0.29, 0.717) is 0 Å². The van der Waals surface area contributed by atoms with Crippen LogP contribution in [-0.4, -0.2) is 18.7 Å². The number of aryl methyl sites for hydroxylation is 2. The fourth-order valence-corrected chi connectivity index (χ4v) is 3.03. The van der Waals surface area contributed by atoms with Crippen molar-refractivity contribution in [1.29, 1.82) is 0 Å². The van der Waals surface area contributed by atoms with Gasteiger partial charge in [0.2, 0.25) is 0 Å². The van der Waals surface area contributed by atoms with Crippen LogP contribution in [0.1, 0.15) is 24.6 Å². The Morgan fingerprint density at radius 3 is 2.74 bits per heavy atom. The van der Waals surface area contributed by atoms with E-state index >= 15 is 0 Å². The summed E-state index contributed by atoms with van der Waals surface area (Å²) < 4.78 is 2.50. The van der Waals surface area contributed by atoms with Gasteiger partial charge in [0.15, 0.2) is 0 Å². The SMILES string of the molecule is CCCc1ccc2n1CCc1cc(N(C)C)ccc1-2. The predicted octanol–water partition coefficient (Wildman–Crippen LogP) is 3.73. The second-order valence-corrected chi connectivity index (χ2v) is 5.60. The number of nitrogens with zero attached hydrogens (tertiary/aromatic N) is 2. The van der Waals surface area contributed by atoms with Crippen molar-refractivity contribution in [2.24, 2.45) is 0 Å². The molecule has 0 aliphatic carbocycles. The van der Waals surface area contributed by atoms with E-state index < -0.39 is 0 Å². The van der Waals surface area contributed by atoms with Gasteiger partial charge in [-0.05, 0) is 42.7 Å². The molecule has 3 rings (SSSR count). The minimum atomic E-state index is 1.13. The van der Waals surface area contributed by atoms with Crippen LogP contribution in [0.15, 0.2) is 30.3 Å². The van der Waals surface area contributed by atoms with Gasteiger partial charge in [-0.25, -0.2) is 0 Å². The summed E-state index contributed by atoms with van der Waals surface area (Å²) in [5.41, 5.74) is 7.08. The summed E-state index contributed by atoms with van der Waals surface area (Å²) in [5, 5.41) is 0. The lowest BCUT2D eigenvalue weighted by Crippen LogP contribution is -2.14. The van der Waals surface area contributed by atoms with Crippen molar-refractivity contribution in [3.8, 4) is 11.3 Å². The van der Waals surface area contributed by atoms with Crippen molar-refractivity contribution >= 4 is 5.69 Å². The maximum atomic E-state index is 2.50. The fraction of sp³-hybridized carbons (Fsp3) is 0.412. The highest BCUT2D eigenvalue weighted by Gasteiger charge is 2.18. The molecule has 2 heterocycles. The standard InChI is InChI=1S/C17H22N2/c1-4-5-14-7-9-17-16-8-6-15(18(2)3)12-13(16)10-11-19(14)17/h6-9,12H,4-5,10-11H2,1-3H3. The third-order valence-electron chi connectivity index (χ3n) is 4.06. The third kappa shape index (κ3) is 2.05. The Hall–Kier alpha value is -1.70. The molecule has 0 bridgehead atoms. The Labute approximate surface area is 115 Å². The molecule has 0 atom stereocenters. The molecule has 0 saturated heterocycles. The summed E-state index contributed by atoms with van der Waals surface area (Å²) in [6.07, 6.45) is 3.55. The smallest absolute Gasteiger partial charge is 0.0485 e. The molecule has 19 heavy (non-hydrogen) atoms. The number of hydrogen-bond donors (Lipinski definition) is 0. The van der Waals surface area contributed by atoms with Crippen LogP contribution < -0.4 is 4.90 Å². The Kier molecular flexibility index (Phi) is 3.09. The molecule has 0 radical (unpaired) electrons. The van der Waals surface area contributed by atoms with Gasteiger partial charge >= 0.3 is 0 Å². The van der Waals surface area contributed by atoms with Gasteiger partial charge < -0.3 is 9.47 Å². The number of hydrogen-bond acceptors (Lipinski definition) is 1. The molecule has 2 heteroatoms. The van der Waals surface area contributed by atoms with Gasteiger partial charge in [0.25, 0.3) is 0 Å². The van der Waals surface area contributed by atoms with Crippen molar-refractivity contribution in [3.05, 3.63) is 41.6 Å². The van der Waals surface area contributed by atoms with E-state index in [-0.39, 0.29) is 0 Å². The molecule has 0 spiro atoms. The monoisotopic (exact) mass is 254 g/mol. The van der Waals surface area contributed by atoms with Gasteiger partial charge in [0.1, 0.15) is 0 Å². The predicted molar refractivity (Wildman–Crippen MR) is 81.9 cm³/mol. The molecule has 0 fully saturated rings. The van der Waals surface area contributed by atoms with Crippen molar-refractivity contribution in [3.63, 3.8) is 0 Å². The minimum Gasteiger partial charge on any atom is -0.378 e. The third-order valence-corrected chi connectivity index (χ3v) is 4.06. The lowest BCUT2D eigenvalue weighted by molar-refractivity contribution is 0.647. The Morgan fingerprint density at radius 2 is 2.00 bits per heavy atom. The maximum Gasteiger partial charge on any atom is 0.0485 e. The Balaban J connectivity index is 2.05. The van der Waals surface area contributed by atoms with Gasteiger partial charge in [-0.3, -0.25) is 0 Å². The molecule has 1 aliphatic heterocycles. The molecule has 1 aromatic carbocycles. The van der Waals surface area contributed by atoms with E-state index in [0.717, 1.165) is 13.0 Å². The molecule has 2 nitrogen and oxygen atoms in total. The van der Waals surface area contributed by atoms with Crippen LogP contribution >= 0.6 is 0 Å². The highest BCUT2D eigenvalue weighted by atomic mass is 15.1. The first kappa shape index (κ1) is 12.3. The first-order valence-corrected chi connectivity index (χ1v) is 7.19. The summed E-state index contributed by atoms with van der Waals surface area (Å²) in [6.45, 7) is 3.38. The fourth-order valence-electron chi connectivity index (χ4n) is 3.03. The summed E-state index contributed by atoms with van der Waals surface area (Å²) in [5.74, 6) is 0. The van der Waals surface area contributed by atoms with Crippen LogP contribution in [0.2, 0.25) is 0 Å². The normalized spacial score (nSPS) is 13.0. The van der Waals surface area contributed by atoms with Crippen LogP contribution in [0.5, 0.6) is 0 Å². The van der Waals surface area contributed by atoms with Gasteiger partial charge in [-0.1, -0.05) is 19.4 Å². The van der Waals surface area contributed by atoms with Crippen LogP contribution in [-0.2, 0) is 19.4 Å². The number of anilines is 1. The molecule has 0 amide bonds. The molecule has 2 aromatic rings.